The number of benzene rings is 3. The van der Waals surface area contributed by atoms with Crippen molar-refractivity contribution in [2.24, 2.45) is 0 Å². The molecule has 4 aliphatic rings. The van der Waals surface area contributed by atoms with Crippen LogP contribution in [0.25, 0.3) is 0 Å². The molecule has 4 aliphatic heterocycles. The van der Waals surface area contributed by atoms with Crippen molar-refractivity contribution in [1.29, 1.82) is 0 Å². The van der Waals surface area contributed by atoms with Gasteiger partial charge >= 0.3 is 17.9 Å². The third-order valence-electron chi connectivity index (χ3n) is 11.2. The molecule has 7 rings (SSSR count). The highest BCUT2D eigenvalue weighted by Gasteiger charge is 2.38. The number of rotatable bonds is 0. The van der Waals surface area contributed by atoms with Gasteiger partial charge in [-0.1, -0.05) is 77.9 Å². The molecule has 5 atom stereocenters. The van der Waals surface area contributed by atoms with Crippen molar-refractivity contribution in [3.63, 3.8) is 0 Å². The Hall–Kier alpha value is -7.14. The summed E-state index contributed by atoms with van der Waals surface area (Å²) in [5, 5.41) is 59.0. The maximum atomic E-state index is 12.5. The van der Waals surface area contributed by atoms with Crippen molar-refractivity contribution in [3.8, 4) is 34.5 Å². The Bertz CT molecular complexity index is 2730. The second kappa shape index (κ2) is 26.3. The molecule has 16 nitrogen and oxygen atoms in total. The number of hydrogen-bond donors (Lipinski definition) is 6. The van der Waals surface area contributed by atoms with E-state index >= 15 is 0 Å². The summed E-state index contributed by atoms with van der Waals surface area (Å²) in [6.07, 6.45) is 23.4. The van der Waals surface area contributed by atoms with Gasteiger partial charge < -0.3 is 49.6 Å². The number of aromatic hydroxyl groups is 6. The van der Waals surface area contributed by atoms with Crippen LogP contribution in [-0.4, -0.2) is 96.4 Å². The first-order chi connectivity index (χ1) is 34.2. The molecular weight excluding hydrogens is 975 g/mol. The number of ether oxygens (including phenoxy) is 4. The summed E-state index contributed by atoms with van der Waals surface area (Å²) in [6, 6.07) is 4.29. The fraction of sp³-hybridized carbons (Fsp3) is 0.333. The first kappa shape index (κ1) is 55.8. The lowest BCUT2D eigenvalue weighted by atomic mass is 9.99. The number of ketones is 3. The van der Waals surface area contributed by atoms with E-state index in [4.69, 9.17) is 42.1 Å². The average molecular weight is 1030 g/mol. The van der Waals surface area contributed by atoms with Crippen LogP contribution in [-0.2, 0) is 52.6 Å². The van der Waals surface area contributed by atoms with Gasteiger partial charge in [0.25, 0.3) is 0 Å². The van der Waals surface area contributed by atoms with Crippen molar-refractivity contribution in [2.45, 2.75) is 115 Å². The molecule has 6 N–H and O–H groups in total. The molecule has 18 heteroatoms. The fourth-order valence-corrected chi connectivity index (χ4v) is 8.02. The Balaban J connectivity index is 0.000000201. The van der Waals surface area contributed by atoms with Crippen LogP contribution in [0.2, 0.25) is 10.0 Å². The molecule has 0 spiro atoms. The molecule has 382 valence electrons. The van der Waals surface area contributed by atoms with Gasteiger partial charge in [-0.05, 0) is 76.3 Å². The van der Waals surface area contributed by atoms with Crippen LogP contribution in [0.15, 0.2) is 97.2 Å². The van der Waals surface area contributed by atoms with Crippen molar-refractivity contribution >= 4 is 58.5 Å². The molecule has 3 aromatic carbocycles. The SMILES string of the molecule is C[C@@H]1C/C=C/CC/C=C/C(=O)Cc2c(Cl)c(O)cc(O)c2C(=O)O1.C[C@@H]1C/C=C/CC/C=C/C(=O)Cc2cc(O)cc(O)c2C(=O)O1.C[C@@H]1C[C@H]2O[C@@H]2/C=C\C=C\C(=O)Cc2c(Cl)c(O)cc(O)c2C(=O)O1. The lowest BCUT2D eigenvalue weighted by molar-refractivity contribution is -0.114. The van der Waals surface area contributed by atoms with E-state index in [0.717, 1.165) is 37.5 Å². The Morgan fingerprint density at radius 3 is 1.46 bits per heavy atom. The van der Waals surface area contributed by atoms with Crippen LogP contribution in [0.1, 0.15) is 113 Å². The standard InChI is InChI=1S/C18H17ClO6.C18H19ClO5.C18H20O5/c1-9-6-15-14(25-15)5-3-2-4-10(20)7-11-16(18(23)24-9)12(21)8-13(22)17(11)19;1-11-7-5-3-2-4-6-8-12(20)9-13-16(18(23)24-11)14(21)10-15(22)17(13)19;1-12-7-5-3-2-4-6-8-14(19)9-13-10-15(20)11-16(21)17(13)18(22)23-12/h2-5,8-9,14-15,21-22H,6-7H2,1H3;3,5-6,8,10-11,21-22H,2,4,7,9H2,1H3;3,5-6,8,10-12,20-21H,2,4,7,9H2,1H3/b4-2+,5-3-;2*5-3+,8-6+/t9-,14-,15-;11-;12-/m111/s1. The molecule has 0 amide bonds. The van der Waals surface area contributed by atoms with Gasteiger partial charge in [0.15, 0.2) is 17.3 Å². The predicted molar refractivity (Wildman–Crippen MR) is 266 cm³/mol. The lowest BCUT2D eigenvalue weighted by Gasteiger charge is -2.16. The van der Waals surface area contributed by atoms with Crippen molar-refractivity contribution in [1.82, 2.24) is 0 Å². The van der Waals surface area contributed by atoms with E-state index in [1.807, 2.05) is 30.4 Å². The van der Waals surface area contributed by atoms with Gasteiger partial charge in [-0.2, -0.15) is 0 Å². The molecule has 1 fully saturated rings. The number of phenolic OH excluding ortho intramolecular Hbond substituents is 6. The molecule has 3 aromatic rings. The van der Waals surface area contributed by atoms with Crippen molar-refractivity contribution in [3.05, 3.63) is 141 Å². The molecule has 0 aliphatic carbocycles. The Kier molecular flexibility index (Phi) is 20.4. The van der Waals surface area contributed by atoms with Crippen molar-refractivity contribution in [2.75, 3.05) is 0 Å². The van der Waals surface area contributed by atoms with Gasteiger partial charge in [-0.25, -0.2) is 14.4 Å². The summed E-state index contributed by atoms with van der Waals surface area (Å²) in [4.78, 5) is 73.4. The number of epoxide rings is 1. The topological polar surface area (TPSA) is 264 Å². The molecule has 0 unspecified atom stereocenters. The fourth-order valence-electron chi connectivity index (χ4n) is 7.59. The highest BCUT2D eigenvalue weighted by molar-refractivity contribution is 6.34. The molecule has 4 heterocycles. The van der Waals surface area contributed by atoms with Gasteiger partial charge in [0.05, 0.1) is 16.1 Å². The van der Waals surface area contributed by atoms with Crippen LogP contribution in [0.4, 0.5) is 0 Å². The zero-order valence-corrected chi connectivity index (χ0v) is 41.2. The number of carbonyl (C=O) groups excluding carboxylic acids is 6. The minimum atomic E-state index is -0.802. The van der Waals surface area contributed by atoms with Gasteiger partial charge in [0, 0.05) is 67.9 Å². The van der Waals surface area contributed by atoms with Crippen molar-refractivity contribution < 1.29 is 78.4 Å². The first-order valence-electron chi connectivity index (χ1n) is 23.1. The first-order valence-corrected chi connectivity index (χ1v) is 23.9. The van der Waals surface area contributed by atoms with Gasteiger partial charge in [-0.15, -0.1) is 0 Å². The average Bonchev–Trinajstić information content (AvgIpc) is 4.03. The zero-order chi connectivity index (χ0) is 52.6. The van der Waals surface area contributed by atoms with E-state index in [1.165, 1.54) is 24.3 Å². The summed E-state index contributed by atoms with van der Waals surface area (Å²) in [6.45, 7) is 5.21. The number of cyclic esters (lactones) is 3. The van der Waals surface area contributed by atoms with Gasteiger partial charge in [0.2, 0.25) is 0 Å². The molecule has 0 bridgehead atoms. The minimum Gasteiger partial charge on any atom is -0.508 e. The number of esters is 3. The second-order valence-corrected chi connectivity index (χ2v) is 18.0. The van der Waals surface area contributed by atoms with E-state index in [-0.39, 0.29) is 104 Å². The smallest absolute Gasteiger partial charge is 0.342 e. The maximum Gasteiger partial charge on any atom is 0.342 e. The number of carbonyl (C=O) groups is 6. The normalized spacial score (nSPS) is 24.7. The second-order valence-electron chi connectivity index (χ2n) is 17.2. The van der Waals surface area contributed by atoms with Gasteiger partial charge in [0.1, 0.15) is 75.6 Å². The molecule has 72 heavy (non-hydrogen) atoms. The molecule has 0 aromatic heterocycles. The Labute approximate surface area is 425 Å². The summed E-state index contributed by atoms with van der Waals surface area (Å²) in [5.74, 6) is -5.48. The van der Waals surface area contributed by atoms with Crippen LogP contribution < -0.4 is 0 Å². The van der Waals surface area contributed by atoms with E-state index in [0.29, 0.717) is 25.7 Å². The van der Waals surface area contributed by atoms with E-state index in [1.54, 1.807) is 45.1 Å². The Morgan fingerprint density at radius 2 is 0.931 bits per heavy atom. The van der Waals surface area contributed by atoms with Gasteiger partial charge in [-0.3, -0.25) is 14.4 Å². The highest BCUT2D eigenvalue weighted by atomic mass is 35.5. The van der Waals surface area contributed by atoms with E-state index < -0.39 is 58.9 Å². The Morgan fingerprint density at radius 1 is 0.486 bits per heavy atom. The molecule has 1 saturated heterocycles. The minimum absolute atomic E-state index is 0.0348. The number of hydrogen-bond acceptors (Lipinski definition) is 16. The third kappa shape index (κ3) is 16.2. The van der Waals surface area contributed by atoms with Crippen LogP contribution in [0.3, 0.4) is 0 Å². The van der Waals surface area contributed by atoms with Crippen LogP contribution in [0.5, 0.6) is 34.5 Å². The molecule has 0 radical (unpaired) electrons. The van der Waals surface area contributed by atoms with Crippen LogP contribution in [0, 0.1) is 0 Å². The number of fused-ring (bicyclic) bond motifs is 4. The summed E-state index contributed by atoms with van der Waals surface area (Å²) in [5.41, 5.74) is -0.120. The summed E-state index contributed by atoms with van der Waals surface area (Å²) >= 11 is 12.1. The maximum absolute atomic E-state index is 12.5. The monoisotopic (exact) mass is 1030 g/mol. The largest absolute Gasteiger partial charge is 0.508 e. The summed E-state index contributed by atoms with van der Waals surface area (Å²) < 4.78 is 21.4. The van der Waals surface area contributed by atoms with Crippen LogP contribution >= 0.6 is 23.2 Å². The molecule has 0 saturated carbocycles. The quantitative estimate of drug-likeness (QED) is 0.0530. The number of allylic oxidation sites excluding steroid dienone is 9. The number of halogens is 2. The number of phenols is 6. The third-order valence-corrected chi connectivity index (χ3v) is 12.0. The zero-order valence-electron chi connectivity index (χ0n) is 39.7. The molecular formula is C54H56Cl2O16. The highest BCUT2D eigenvalue weighted by Crippen LogP contribution is 2.39. The predicted octanol–water partition coefficient (Wildman–Crippen LogP) is 9.45. The van der Waals surface area contributed by atoms with E-state index in [9.17, 15) is 59.4 Å². The lowest BCUT2D eigenvalue weighted by Crippen LogP contribution is -2.19. The van der Waals surface area contributed by atoms with E-state index in [2.05, 4.69) is 0 Å². The summed E-state index contributed by atoms with van der Waals surface area (Å²) in [7, 11) is 0.